The highest BCUT2D eigenvalue weighted by Gasteiger charge is 2.43. The van der Waals surface area contributed by atoms with E-state index in [2.05, 4.69) is 22.3 Å². The molecule has 0 radical (unpaired) electrons. The minimum atomic E-state index is -0.652. The number of benzene rings is 2. The molecule has 0 bridgehead atoms. The Bertz CT molecular complexity index is 762. The van der Waals surface area contributed by atoms with Crippen molar-refractivity contribution < 1.29 is 4.79 Å². The van der Waals surface area contributed by atoms with E-state index in [0.29, 0.717) is 5.41 Å². The highest BCUT2D eigenvalue weighted by Crippen LogP contribution is 2.51. The number of nitrogens with one attached hydrogen (secondary N) is 1. The topological polar surface area (TPSA) is 58.4 Å². The van der Waals surface area contributed by atoms with Gasteiger partial charge in [-0.2, -0.15) is 0 Å². The van der Waals surface area contributed by atoms with Gasteiger partial charge in [0.2, 0.25) is 5.91 Å². The molecule has 4 rings (SSSR count). The monoisotopic (exact) mass is 363 g/mol. The Labute approximate surface area is 161 Å². The van der Waals surface area contributed by atoms with E-state index in [4.69, 9.17) is 5.73 Å². The molecule has 1 aliphatic heterocycles. The van der Waals surface area contributed by atoms with Gasteiger partial charge in [-0.15, -0.1) is 0 Å². The molecule has 2 aromatic rings. The lowest BCUT2D eigenvalue weighted by Gasteiger charge is -2.21. The largest absolute Gasteiger partial charge is 0.324 e. The van der Waals surface area contributed by atoms with Gasteiger partial charge in [0.15, 0.2) is 0 Å². The molecule has 2 aliphatic rings. The molecule has 2 aromatic carbocycles. The second-order valence-corrected chi connectivity index (χ2v) is 8.03. The van der Waals surface area contributed by atoms with Crippen LogP contribution in [0.2, 0.25) is 0 Å². The van der Waals surface area contributed by atoms with Gasteiger partial charge in [0.1, 0.15) is 6.04 Å². The Hall–Kier alpha value is -2.17. The molecule has 0 spiro atoms. The summed E-state index contributed by atoms with van der Waals surface area (Å²) in [6, 6.07) is 17.2. The molecule has 4 heteroatoms. The van der Waals surface area contributed by atoms with Crippen LogP contribution in [0.3, 0.4) is 0 Å². The van der Waals surface area contributed by atoms with Crippen LogP contribution in [0.25, 0.3) is 0 Å². The van der Waals surface area contributed by atoms with E-state index >= 15 is 0 Å². The Morgan fingerprint density at radius 1 is 1.04 bits per heavy atom. The summed E-state index contributed by atoms with van der Waals surface area (Å²) in [5.74, 6) is -0.177. The van der Waals surface area contributed by atoms with Crippen LogP contribution in [0.1, 0.15) is 49.3 Å². The number of hydrogen-bond donors (Lipinski definition) is 2. The zero-order valence-corrected chi connectivity index (χ0v) is 15.9. The van der Waals surface area contributed by atoms with Crippen LogP contribution in [-0.2, 0) is 10.2 Å². The fourth-order valence-electron chi connectivity index (χ4n) is 4.15. The second kappa shape index (κ2) is 7.83. The molecule has 1 amide bonds. The van der Waals surface area contributed by atoms with E-state index < -0.39 is 6.04 Å². The van der Waals surface area contributed by atoms with Crippen molar-refractivity contribution in [1.82, 2.24) is 4.90 Å². The van der Waals surface area contributed by atoms with Crippen LogP contribution in [0.4, 0.5) is 5.69 Å². The number of likely N-dealkylation sites (tertiary alicyclic amines) is 1. The maximum absolute atomic E-state index is 12.4. The van der Waals surface area contributed by atoms with Gasteiger partial charge >= 0.3 is 0 Å². The summed E-state index contributed by atoms with van der Waals surface area (Å²) >= 11 is 0. The lowest BCUT2D eigenvalue weighted by molar-refractivity contribution is -0.117. The Morgan fingerprint density at radius 3 is 2.33 bits per heavy atom. The van der Waals surface area contributed by atoms with Gasteiger partial charge in [0.05, 0.1) is 0 Å². The van der Waals surface area contributed by atoms with Gasteiger partial charge in [-0.05, 0) is 80.4 Å². The first-order valence-electron chi connectivity index (χ1n) is 10.1. The van der Waals surface area contributed by atoms with Gasteiger partial charge in [-0.1, -0.05) is 42.5 Å². The Morgan fingerprint density at radius 2 is 1.70 bits per heavy atom. The summed E-state index contributed by atoms with van der Waals surface area (Å²) in [5.41, 5.74) is 9.49. The average molecular weight is 364 g/mol. The summed E-state index contributed by atoms with van der Waals surface area (Å²) < 4.78 is 0. The molecular formula is C23H29N3O. The molecular weight excluding hydrogens is 334 g/mol. The molecule has 2 fully saturated rings. The molecule has 142 valence electrons. The second-order valence-electron chi connectivity index (χ2n) is 8.03. The van der Waals surface area contributed by atoms with Gasteiger partial charge in [0, 0.05) is 5.69 Å². The standard InChI is InChI=1S/C23H29N3O/c24-21(18-6-2-1-3-7-18)22(27)25-20-10-8-19(9-11-20)23(12-13-23)14-17-26-15-4-5-16-26/h1-3,6-11,21H,4-5,12-17,24H2,(H,25,27). The number of anilines is 1. The minimum Gasteiger partial charge on any atom is -0.324 e. The molecule has 1 saturated heterocycles. The van der Waals surface area contributed by atoms with Crippen molar-refractivity contribution in [2.24, 2.45) is 5.73 Å². The van der Waals surface area contributed by atoms with E-state index in [1.807, 2.05) is 42.5 Å². The van der Waals surface area contributed by atoms with E-state index in [1.54, 1.807) is 0 Å². The van der Waals surface area contributed by atoms with Crippen molar-refractivity contribution >= 4 is 11.6 Å². The van der Waals surface area contributed by atoms with Crippen molar-refractivity contribution in [3.8, 4) is 0 Å². The highest BCUT2D eigenvalue weighted by atomic mass is 16.2. The maximum Gasteiger partial charge on any atom is 0.245 e. The molecule has 1 heterocycles. The number of rotatable bonds is 7. The van der Waals surface area contributed by atoms with Crippen molar-refractivity contribution in [3.05, 3.63) is 65.7 Å². The van der Waals surface area contributed by atoms with Gasteiger partial charge in [0.25, 0.3) is 0 Å². The van der Waals surface area contributed by atoms with Crippen molar-refractivity contribution in [3.63, 3.8) is 0 Å². The van der Waals surface area contributed by atoms with Gasteiger partial charge < -0.3 is 16.0 Å². The van der Waals surface area contributed by atoms with Crippen LogP contribution >= 0.6 is 0 Å². The zero-order chi connectivity index (χ0) is 18.7. The third-order valence-corrected chi connectivity index (χ3v) is 6.16. The average Bonchev–Trinajstić information content (AvgIpc) is 3.32. The number of amides is 1. The van der Waals surface area contributed by atoms with Crippen molar-refractivity contribution in [2.75, 3.05) is 25.0 Å². The fourth-order valence-corrected chi connectivity index (χ4v) is 4.15. The quantitative estimate of drug-likeness (QED) is 0.786. The Balaban J connectivity index is 1.35. The van der Waals surface area contributed by atoms with Crippen LogP contribution in [0, 0.1) is 0 Å². The normalized spacial score (nSPS) is 19.6. The summed E-state index contributed by atoms with van der Waals surface area (Å²) in [5, 5.41) is 2.94. The highest BCUT2D eigenvalue weighted by molar-refractivity contribution is 5.95. The molecule has 1 saturated carbocycles. The first-order chi connectivity index (χ1) is 13.2. The molecule has 1 unspecified atom stereocenters. The van der Waals surface area contributed by atoms with Crippen LogP contribution in [0.5, 0.6) is 0 Å². The fraction of sp³-hybridized carbons (Fsp3) is 0.435. The minimum absolute atomic E-state index is 0.177. The smallest absolute Gasteiger partial charge is 0.245 e. The number of carbonyl (C=O) groups is 1. The van der Waals surface area contributed by atoms with E-state index in [9.17, 15) is 4.79 Å². The third-order valence-electron chi connectivity index (χ3n) is 6.16. The number of nitrogens with zero attached hydrogens (tertiary/aromatic N) is 1. The first-order valence-corrected chi connectivity index (χ1v) is 10.1. The van der Waals surface area contributed by atoms with Crippen LogP contribution in [-0.4, -0.2) is 30.4 Å². The number of nitrogens with two attached hydrogens (primary N) is 1. The van der Waals surface area contributed by atoms with Crippen molar-refractivity contribution in [2.45, 2.75) is 43.6 Å². The summed E-state index contributed by atoms with van der Waals surface area (Å²) in [7, 11) is 0. The predicted octanol–water partition coefficient (Wildman–Crippen LogP) is 3.84. The predicted molar refractivity (Wildman–Crippen MR) is 110 cm³/mol. The molecule has 1 aliphatic carbocycles. The third kappa shape index (κ3) is 4.23. The van der Waals surface area contributed by atoms with Gasteiger partial charge in [-0.25, -0.2) is 0 Å². The zero-order valence-electron chi connectivity index (χ0n) is 15.9. The number of hydrogen-bond acceptors (Lipinski definition) is 3. The van der Waals surface area contributed by atoms with Crippen molar-refractivity contribution in [1.29, 1.82) is 0 Å². The summed E-state index contributed by atoms with van der Waals surface area (Å²) in [6.07, 6.45) is 6.52. The SMILES string of the molecule is NC(C(=O)Nc1ccc(C2(CCN3CCCC3)CC2)cc1)c1ccccc1. The lowest BCUT2D eigenvalue weighted by Crippen LogP contribution is -2.27. The van der Waals surface area contributed by atoms with Crippen LogP contribution < -0.4 is 11.1 Å². The van der Waals surface area contributed by atoms with E-state index in [1.165, 1.54) is 57.3 Å². The molecule has 1 atom stereocenters. The molecule has 27 heavy (non-hydrogen) atoms. The Kier molecular flexibility index (Phi) is 5.28. The summed E-state index contributed by atoms with van der Waals surface area (Å²) in [6.45, 7) is 3.75. The molecule has 4 nitrogen and oxygen atoms in total. The number of carbonyl (C=O) groups excluding carboxylic acids is 1. The first kappa shape index (κ1) is 18.2. The van der Waals surface area contributed by atoms with E-state index in [-0.39, 0.29) is 5.91 Å². The van der Waals surface area contributed by atoms with Crippen LogP contribution in [0.15, 0.2) is 54.6 Å². The summed E-state index contributed by atoms with van der Waals surface area (Å²) in [4.78, 5) is 15.0. The van der Waals surface area contributed by atoms with E-state index in [0.717, 1.165) is 11.3 Å². The molecule has 3 N–H and O–H groups in total. The molecule has 0 aromatic heterocycles. The maximum atomic E-state index is 12.4. The lowest BCUT2D eigenvalue weighted by atomic mass is 9.92. The van der Waals surface area contributed by atoms with Gasteiger partial charge in [-0.3, -0.25) is 4.79 Å².